The van der Waals surface area contributed by atoms with Gasteiger partial charge >= 0.3 is 0 Å². The van der Waals surface area contributed by atoms with E-state index in [1.807, 2.05) is 56.3 Å². The summed E-state index contributed by atoms with van der Waals surface area (Å²) in [5, 5.41) is 16.0. The van der Waals surface area contributed by atoms with Crippen LogP contribution < -0.4 is 14.8 Å². The number of hydrogen-bond acceptors (Lipinski definition) is 7. The molecule has 2 aromatic heterocycles. The van der Waals surface area contributed by atoms with Crippen molar-refractivity contribution in [2.24, 2.45) is 0 Å². The second kappa shape index (κ2) is 9.50. The Balaban J connectivity index is 1.57. The van der Waals surface area contributed by atoms with E-state index in [0.29, 0.717) is 23.0 Å². The second-order valence-electron chi connectivity index (χ2n) is 8.48. The molecular weight excluding hydrogens is 456 g/mol. The Morgan fingerprint density at radius 3 is 2.72 bits per heavy atom. The van der Waals surface area contributed by atoms with Crippen molar-refractivity contribution in [3.05, 3.63) is 71.0 Å². The summed E-state index contributed by atoms with van der Waals surface area (Å²) in [5.41, 5.74) is 5.24. The lowest BCUT2D eigenvalue weighted by Crippen LogP contribution is -2.25. The summed E-state index contributed by atoms with van der Waals surface area (Å²) in [6.07, 6.45) is 7.22. The summed E-state index contributed by atoms with van der Waals surface area (Å²) in [6, 6.07) is 13.6. The van der Waals surface area contributed by atoms with Gasteiger partial charge < -0.3 is 14.8 Å². The molecule has 2 aromatic carbocycles. The highest BCUT2D eigenvalue weighted by Gasteiger charge is 2.34. The minimum absolute atomic E-state index is 0.106. The van der Waals surface area contributed by atoms with E-state index in [4.69, 9.17) is 15.9 Å². The maximum atomic E-state index is 12.8. The number of aromatic nitrogens is 5. The smallest absolute Gasteiger partial charge is 0.272 e. The molecule has 3 heterocycles. The quantitative estimate of drug-likeness (QED) is 0.418. The van der Waals surface area contributed by atoms with Crippen molar-refractivity contribution < 1.29 is 14.3 Å². The number of amides is 1. The lowest BCUT2D eigenvalue weighted by molar-refractivity contribution is -0.116. The number of terminal acetylenes is 1. The number of rotatable bonds is 6. The van der Waals surface area contributed by atoms with Crippen LogP contribution in [0.25, 0.3) is 17.2 Å². The summed E-state index contributed by atoms with van der Waals surface area (Å²) in [4.78, 5) is 17.5. The molecule has 180 valence electrons. The van der Waals surface area contributed by atoms with E-state index in [9.17, 15) is 4.79 Å². The molecule has 1 N–H and O–H groups in total. The van der Waals surface area contributed by atoms with Gasteiger partial charge in [0.25, 0.3) is 5.95 Å². The number of nitrogens with zero attached hydrogens (tertiary/aromatic N) is 5. The Morgan fingerprint density at radius 2 is 1.97 bits per heavy atom. The average molecular weight is 481 g/mol. The Labute approximate surface area is 208 Å². The van der Waals surface area contributed by atoms with Gasteiger partial charge in [0.15, 0.2) is 11.5 Å². The van der Waals surface area contributed by atoms with Gasteiger partial charge in [-0.1, -0.05) is 41.8 Å². The van der Waals surface area contributed by atoms with E-state index in [1.165, 1.54) is 0 Å². The molecule has 0 unspecified atom stereocenters. The van der Waals surface area contributed by atoms with Crippen LogP contribution in [0.3, 0.4) is 0 Å². The fraction of sp³-hybridized carbons (Fsp3) is 0.222. The molecule has 0 spiro atoms. The SMILES string of the molecule is C#CCOc1cc([C@@H]2CC(=O)Nc3c2c(C)nn3-c2nncc(-c3ccc(C)cc3)n2)ccc1OC. The van der Waals surface area contributed by atoms with E-state index in [-0.39, 0.29) is 30.8 Å². The summed E-state index contributed by atoms with van der Waals surface area (Å²) >= 11 is 0. The number of ether oxygens (including phenoxy) is 2. The molecule has 5 rings (SSSR count). The van der Waals surface area contributed by atoms with E-state index in [0.717, 1.165) is 27.9 Å². The Morgan fingerprint density at radius 1 is 1.17 bits per heavy atom. The third-order valence-electron chi connectivity index (χ3n) is 6.09. The standard InChI is InChI=1S/C27H24N6O3/c1-5-12-36-23-13-19(10-11-22(23)35-4)20-14-24(34)30-26-25(20)17(3)32-33(26)27-29-21(15-28-31-27)18-8-6-16(2)7-9-18/h1,6-11,13,15,20H,12,14H2,2-4H3,(H,30,34)/t20-/m0/s1. The van der Waals surface area contributed by atoms with Gasteiger partial charge in [0, 0.05) is 23.5 Å². The van der Waals surface area contributed by atoms with Crippen LogP contribution in [0.4, 0.5) is 5.82 Å². The summed E-state index contributed by atoms with van der Waals surface area (Å²) in [5.74, 6) is 3.95. The fourth-order valence-electron chi connectivity index (χ4n) is 4.37. The molecular formula is C27H24N6O3. The van der Waals surface area contributed by atoms with E-state index in [2.05, 4.69) is 31.5 Å². The number of anilines is 1. The molecule has 0 saturated carbocycles. The third kappa shape index (κ3) is 4.25. The van der Waals surface area contributed by atoms with Crippen LogP contribution in [-0.2, 0) is 4.79 Å². The maximum absolute atomic E-state index is 12.8. The number of benzene rings is 2. The van der Waals surface area contributed by atoms with Gasteiger partial charge in [0.1, 0.15) is 12.4 Å². The Bertz CT molecular complexity index is 1490. The van der Waals surface area contributed by atoms with Crippen LogP contribution in [0.5, 0.6) is 11.5 Å². The first-order valence-electron chi connectivity index (χ1n) is 11.4. The molecule has 0 saturated heterocycles. The Kier molecular flexibility index (Phi) is 6.09. The van der Waals surface area contributed by atoms with E-state index < -0.39 is 0 Å². The predicted octanol–water partition coefficient (Wildman–Crippen LogP) is 3.84. The third-order valence-corrected chi connectivity index (χ3v) is 6.09. The van der Waals surface area contributed by atoms with Crippen molar-refractivity contribution in [3.63, 3.8) is 0 Å². The molecule has 9 heteroatoms. The van der Waals surface area contributed by atoms with Gasteiger partial charge in [-0.05, 0) is 31.5 Å². The molecule has 0 bridgehead atoms. The fourth-order valence-corrected chi connectivity index (χ4v) is 4.37. The van der Waals surface area contributed by atoms with Crippen LogP contribution in [0.2, 0.25) is 0 Å². The number of aryl methyl sites for hydroxylation is 2. The number of carbonyl (C=O) groups is 1. The number of carbonyl (C=O) groups excluding carboxylic acids is 1. The van der Waals surface area contributed by atoms with Crippen molar-refractivity contribution in [2.45, 2.75) is 26.2 Å². The largest absolute Gasteiger partial charge is 0.493 e. The normalized spacial score (nSPS) is 14.5. The number of methoxy groups -OCH3 is 1. The summed E-state index contributed by atoms with van der Waals surface area (Å²) in [7, 11) is 1.57. The maximum Gasteiger partial charge on any atom is 0.272 e. The minimum atomic E-state index is -0.255. The predicted molar refractivity (Wildman–Crippen MR) is 134 cm³/mol. The second-order valence-corrected chi connectivity index (χ2v) is 8.48. The summed E-state index contributed by atoms with van der Waals surface area (Å²) in [6.45, 7) is 4.03. The van der Waals surface area contributed by atoms with Gasteiger partial charge in [-0.15, -0.1) is 11.5 Å². The molecule has 36 heavy (non-hydrogen) atoms. The first-order chi connectivity index (χ1) is 17.5. The topological polar surface area (TPSA) is 104 Å². The van der Waals surface area contributed by atoms with Crippen LogP contribution >= 0.6 is 0 Å². The molecule has 1 amide bonds. The molecule has 4 aromatic rings. The Hall–Kier alpha value is -4.71. The van der Waals surface area contributed by atoms with Crippen molar-refractivity contribution >= 4 is 11.7 Å². The average Bonchev–Trinajstić information content (AvgIpc) is 3.23. The van der Waals surface area contributed by atoms with Gasteiger partial charge in [-0.2, -0.15) is 14.9 Å². The van der Waals surface area contributed by atoms with Crippen molar-refractivity contribution in [3.8, 4) is 41.0 Å². The van der Waals surface area contributed by atoms with Gasteiger partial charge in [0.2, 0.25) is 5.91 Å². The van der Waals surface area contributed by atoms with Crippen LogP contribution in [0.1, 0.15) is 34.7 Å². The lowest BCUT2D eigenvalue weighted by Gasteiger charge is -2.25. The highest BCUT2D eigenvalue weighted by Crippen LogP contribution is 2.42. The van der Waals surface area contributed by atoms with Crippen LogP contribution in [-0.4, -0.2) is 44.6 Å². The van der Waals surface area contributed by atoms with Gasteiger partial charge in [-0.25, -0.2) is 4.98 Å². The molecule has 1 aliphatic rings. The van der Waals surface area contributed by atoms with Crippen LogP contribution in [0, 0.1) is 26.2 Å². The van der Waals surface area contributed by atoms with Gasteiger partial charge in [0.05, 0.1) is 24.7 Å². The summed E-state index contributed by atoms with van der Waals surface area (Å²) < 4.78 is 12.6. The molecule has 1 atom stereocenters. The zero-order valence-electron chi connectivity index (χ0n) is 20.1. The highest BCUT2D eigenvalue weighted by atomic mass is 16.5. The first-order valence-corrected chi connectivity index (χ1v) is 11.4. The number of nitrogens with one attached hydrogen (secondary N) is 1. The zero-order valence-corrected chi connectivity index (χ0v) is 20.1. The van der Waals surface area contributed by atoms with Crippen molar-refractivity contribution in [1.29, 1.82) is 0 Å². The first kappa shape index (κ1) is 23.1. The van der Waals surface area contributed by atoms with Crippen LogP contribution in [0.15, 0.2) is 48.7 Å². The number of hydrogen-bond donors (Lipinski definition) is 1. The lowest BCUT2D eigenvalue weighted by atomic mass is 9.85. The highest BCUT2D eigenvalue weighted by molar-refractivity contribution is 5.95. The van der Waals surface area contributed by atoms with E-state index in [1.54, 1.807) is 18.0 Å². The monoisotopic (exact) mass is 480 g/mol. The minimum Gasteiger partial charge on any atom is -0.493 e. The van der Waals surface area contributed by atoms with Crippen molar-refractivity contribution in [2.75, 3.05) is 19.0 Å². The van der Waals surface area contributed by atoms with Crippen molar-refractivity contribution in [1.82, 2.24) is 25.0 Å². The van der Waals surface area contributed by atoms with Gasteiger partial charge in [-0.3, -0.25) is 4.79 Å². The molecule has 9 nitrogen and oxygen atoms in total. The number of fused-ring (bicyclic) bond motifs is 1. The zero-order chi connectivity index (χ0) is 25.2. The molecule has 0 aliphatic carbocycles. The molecule has 0 fully saturated rings. The van der Waals surface area contributed by atoms with E-state index >= 15 is 0 Å². The molecule has 0 radical (unpaired) electrons. The molecule has 1 aliphatic heterocycles.